The Morgan fingerprint density at radius 1 is 1.38 bits per heavy atom. The standard InChI is InChI=1S/C11H23NO/c1-3-5-11(9-6-7-9)12-10(4-2)8-13/h9-13H,3-8H2,1-2H3. The maximum Gasteiger partial charge on any atom is 0.0584 e. The first-order valence-electron chi connectivity index (χ1n) is 5.68. The lowest BCUT2D eigenvalue weighted by molar-refractivity contribution is 0.219. The summed E-state index contributed by atoms with van der Waals surface area (Å²) in [7, 11) is 0. The summed E-state index contributed by atoms with van der Waals surface area (Å²) in [6.45, 7) is 4.64. The van der Waals surface area contributed by atoms with Crippen LogP contribution in [0.1, 0.15) is 46.0 Å². The third-order valence-corrected chi connectivity index (χ3v) is 2.95. The van der Waals surface area contributed by atoms with Gasteiger partial charge in [0.1, 0.15) is 0 Å². The molecular weight excluding hydrogens is 162 g/mol. The van der Waals surface area contributed by atoms with Crippen LogP contribution in [0.15, 0.2) is 0 Å². The Morgan fingerprint density at radius 3 is 2.46 bits per heavy atom. The topological polar surface area (TPSA) is 32.3 Å². The van der Waals surface area contributed by atoms with E-state index >= 15 is 0 Å². The number of hydrogen-bond donors (Lipinski definition) is 2. The average Bonchev–Trinajstić information content (AvgIpc) is 2.95. The molecule has 1 fully saturated rings. The first-order valence-corrected chi connectivity index (χ1v) is 5.68. The van der Waals surface area contributed by atoms with Crippen molar-refractivity contribution in [3.8, 4) is 0 Å². The quantitative estimate of drug-likeness (QED) is 0.635. The van der Waals surface area contributed by atoms with E-state index in [1.807, 2.05) is 0 Å². The molecule has 2 heteroatoms. The third-order valence-electron chi connectivity index (χ3n) is 2.95. The normalized spacial score (nSPS) is 21.5. The first-order chi connectivity index (χ1) is 6.31. The van der Waals surface area contributed by atoms with Gasteiger partial charge in [-0.1, -0.05) is 20.3 Å². The largest absolute Gasteiger partial charge is 0.395 e. The fourth-order valence-corrected chi connectivity index (χ4v) is 1.87. The van der Waals surface area contributed by atoms with Gasteiger partial charge in [-0.05, 0) is 31.6 Å². The number of aliphatic hydroxyl groups excluding tert-OH is 1. The molecule has 0 spiro atoms. The Kier molecular flexibility index (Phi) is 4.74. The molecule has 0 aromatic carbocycles. The predicted octanol–water partition coefficient (Wildman–Crippen LogP) is 1.93. The SMILES string of the molecule is CCCC(NC(CC)CO)C1CC1. The first kappa shape index (κ1) is 11.0. The predicted molar refractivity (Wildman–Crippen MR) is 55.7 cm³/mol. The van der Waals surface area contributed by atoms with E-state index in [-0.39, 0.29) is 6.61 Å². The van der Waals surface area contributed by atoms with Gasteiger partial charge in [0, 0.05) is 12.1 Å². The molecule has 1 saturated carbocycles. The van der Waals surface area contributed by atoms with Crippen molar-refractivity contribution < 1.29 is 5.11 Å². The third kappa shape index (κ3) is 3.65. The highest BCUT2D eigenvalue weighted by Crippen LogP contribution is 2.34. The zero-order valence-corrected chi connectivity index (χ0v) is 8.92. The van der Waals surface area contributed by atoms with Crippen LogP contribution in [0.5, 0.6) is 0 Å². The summed E-state index contributed by atoms with van der Waals surface area (Å²) in [6.07, 6.45) is 6.32. The van der Waals surface area contributed by atoms with Gasteiger partial charge < -0.3 is 10.4 Å². The highest BCUT2D eigenvalue weighted by Gasteiger charge is 2.31. The van der Waals surface area contributed by atoms with E-state index in [0.717, 1.165) is 12.3 Å². The lowest BCUT2D eigenvalue weighted by Gasteiger charge is -2.23. The molecule has 0 radical (unpaired) electrons. The van der Waals surface area contributed by atoms with Gasteiger partial charge in [-0.25, -0.2) is 0 Å². The van der Waals surface area contributed by atoms with Crippen molar-refractivity contribution in [2.75, 3.05) is 6.61 Å². The molecular formula is C11H23NO. The Balaban J connectivity index is 2.27. The lowest BCUT2D eigenvalue weighted by atomic mass is 10.1. The number of nitrogens with one attached hydrogen (secondary N) is 1. The molecule has 0 aromatic rings. The van der Waals surface area contributed by atoms with Crippen LogP contribution < -0.4 is 5.32 Å². The number of aliphatic hydroxyl groups is 1. The molecule has 2 unspecified atom stereocenters. The van der Waals surface area contributed by atoms with Crippen LogP contribution in [0.3, 0.4) is 0 Å². The van der Waals surface area contributed by atoms with Gasteiger partial charge >= 0.3 is 0 Å². The second-order valence-corrected chi connectivity index (χ2v) is 4.19. The average molecular weight is 185 g/mol. The Bertz CT molecular complexity index is 130. The molecule has 1 aliphatic carbocycles. The lowest BCUT2D eigenvalue weighted by Crippen LogP contribution is -2.41. The maximum atomic E-state index is 9.08. The van der Waals surface area contributed by atoms with Crippen LogP contribution in [0.2, 0.25) is 0 Å². The molecule has 0 aromatic heterocycles. The van der Waals surface area contributed by atoms with Gasteiger partial charge in [-0.3, -0.25) is 0 Å². The van der Waals surface area contributed by atoms with E-state index in [1.54, 1.807) is 0 Å². The maximum absolute atomic E-state index is 9.08. The van der Waals surface area contributed by atoms with E-state index in [1.165, 1.54) is 25.7 Å². The van der Waals surface area contributed by atoms with Crippen LogP contribution in [0.4, 0.5) is 0 Å². The molecule has 0 bridgehead atoms. The molecule has 2 N–H and O–H groups in total. The van der Waals surface area contributed by atoms with Crippen molar-refractivity contribution in [1.29, 1.82) is 0 Å². The molecule has 2 atom stereocenters. The van der Waals surface area contributed by atoms with Gasteiger partial charge in [0.2, 0.25) is 0 Å². The Labute approximate surface area is 81.7 Å². The van der Waals surface area contributed by atoms with Crippen LogP contribution >= 0.6 is 0 Å². The van der Waals surface area contributed by atoms with Gasteiger partial charge in [-0.15, -0.1) is 0 Å². The zero-order chi connectivity index (χ0) is 9.68. The van der Waals surface area contributed by atoms with Gasteiger partial charge in [-0.2, -0.15) is 0 Å². The van der Waals surface area contributed by atoms with Crippen molar-refractivity contribution in [2.45, 2.75) is 58.0 Å². The van der Waals surface area contributed by atoms with Crippen molar-refractivity contribution >= 4 is 0 Å². The molecule has 0 amide bonds. The fraction of sp³-hybridized carbons (Fsp3) is 1.00. The van der Waals surface area contributed by atoms with Crippen LogP contribution in [-0.4, -0.2) is 23.8 Å². The van der Waals surface area contributed by atoms with E-state index in [4.69, 9.17) is 5.11 Å². The van der Waals surface area contributed by atoms with Crippen LogP contribution in [-0.2, 0) is 0 Å². The van der Waals surface area contributed by atoms with Crippen molar-refractivity contribution in [2.24, 2.45) is 5.92 Å². The van der Waals surface area contributed by atoms with E-state index in [2.05, 4.69) is 19.2 Å². The number of rotatable bonds is 7. The van der Waals surface area contributed by atoms with E-state index in [0.29, 0.717) is 12.1 Å². The molecule has 78 valence electrons. The smallest absolute Gasteiger partial charge is 0.0584 e. The van der Waals surface area contributed by atoms with Gasteiger partial charge in [0.15, 0.2) is 0 Å². The fourth-order valence-electron chi connectivity index (χ4n) is 1.87. The minimum absolute atomic E-state index is 0.281. The summed E-state index contributed by atoms with van der Waals surface area (Å²) in [5, 5.41) is 12.6. The molecule has 0 aliphatic heterocycles. The summed E-state index contributed by atoms with van der Waals surface area (Å²) in [5.74, 6) is 0.903. The summed E-state index contributed by atoms with van der Waals surface area (Å²) in [5.41, 5.74) is 0. The molecule has 2 nitrogen and oxygen atoms in total. The molecule has 1 aliphatic rings. The second kappa shape index (κ2) is 5.61. The van der Waals surface area contributed by atoms with Crippen molar-refractivity contribution in [3.63, 3.8) is 0 Å². The van der Waals surface area contributed by atoms with Gasteiger partial charge in [0.25, 0.3) is 0 Å². The molecule has 0 saturated heterocycles. The highest BCUT2D eigenvalue weighted by atomic mass is 16.3. The molecule has 0 heterocycles. The number of hydrogen-bond acceptors (Lipinski definition) is 2. The van der Waals surface area contributed by atoms with E-state index in [9.17, 15) is 0 Å². The Hall–Kier alpha value is -0.0800. The second-order valence-electron chi connectivity index (χ2n) is 4.19. The summed E-state index contributed by atoms with van der Waals surface area (Å²) >= 11 is 0. The molecule has 1 rings (SSSR count). The van der Waals surface area contributed by atoms with Crippen LogP contribution in [0, 0.1) is 5.92 Å². The summed E-state index contributed by atoms with van der Waals surface area (Å²) in [4.78, 5) is 0. The minimum atomic E-state index is 0.281. The highest BCUT2D eigenvalue weighted by molar-refractivity contribution is 4.87. The van der Waals surface area contributed by atoms with Crippen molar-refractivity contribution in [3.05, 3.63) is 0 Å². The summed E-state index contributed by atoms with van der Waals surface area (Å²) < 4.78 is 0. The monoisotopic (exact) mass is 185 g/mol. The minimum Gasteiger partial charge on any atom is -0.395 e. The van der Waals surface area contributed by atoms with Crippen molar-refractivity contribution in [1.82, 2.24) is 5.32 Å². The molecule has 13 heavy (non-hydrogen) atoms. The van der Waals surface area contributed by atoms with E-state index < -0.39 is 0 Å². The van der Waals surface area contributed by atoms with Crippen LogP contribution in [0.25, 0.3) is 0 Å². The zero-order valence-electron chi connectivity index (χ0n) is 8.92. The Morgan fingerprint density at radius 2 is 2.08 bits per heavy atom. The van der Waals surface area contributed by atoms with Gasteiger partial charge in [0.05, 0.1) is 6.61 Å². The summed E-state index contributed by atoms with van der Waals surface area (Å²) in [6, 6.07) is 0.985.